The molecule has 1 aliphatic rings. The molecule has 0 saturated carbocycles. The molecule has 3 rings (SSSR count). The van der Waals surface area contributed by atoms with Gasteiger partial charge < -0.3 is 9.84 Å². The summed E-state index contributed by atoms with van der Waals surface area (Å²) >= 11 is 0. The lowest BCUT2D eigenvalue weighted by Gasteiger charge is -2.30. The van der Waals surface area contributed by atoms with E-state index < -0.39 is 17.7 Å². The van der Waals surface area contributed by atoms with E-state index in [1.807, 2.05) is 11.0 Å². The van der Waals surface area contributed by atoms with Crippen molar-refractivity contribution in [2.45, 2.75) is 19.1 Å². The van der Waals surface area contributed by atoms with Crippen molar-refractivity contribution in [3.05, 3.63) is 64.7 Å². The minimum absolute atomic E-state index is 0.104. The Bertz CT molecular complexity index is 787. The van der Waals surface area contributed by atoms with Gasteiger partial charge in [-0.3, -0.25) is 4.90 Å². The van der Waals surface area contributed by atoms with Crippen LogP contribution in [-0.2, 0) is 13.0 Å². The summed E-state index contributed by atoms with van der Waals surface area (Å²) < 4.78 is 32.6. The summed E-state index contributed by atoms with van der Waals surface area (Å²) in [4.78, 5) is 1.95. The lowest BCUT2D eigenvalue weighted by atomic mass is 9.98. The van der Waals surface area contributed by atoms with Gasteiger partial charge in [-0.05, 0) is 47.9 Å². The van der Waals surface area contributed by atoms with E-state index in [9.17, 15) is 13.9 Å². The number of aliphatic hydroxyl groups excluding tert-OH is 1. The lowest BCUT2D eigenvalue weighted by Crippen LogP contribution is -2.39. The maximum atomic E-state index is 13.7. The molecule has 25 heavy (non-hydrogen) atoms. The van der Waals surface area contributed by atoms with Crippen molar-refractivity contribution in [3.63, 3.8) is 0 Å². The first-order valence-corrected chi connectivity index (χ1v) is 8.05. The van der Waals surface area contributed by atoms with Crippen molar-refractivity contribution in [1.82, 2.24) is 4.90 Å². The smallest absolute Gasteiger partial charge is 0.129 e. The molecule has 1 aliphatic heterocycles. The van der Waals surface area contributed by atoms with Crippen molar-refractivity contribution in [2.75, 3.05) is 19.7 Å². The number of nitrogens with zero attached hydrogens (tertiary/aromatic N) is 2. The molecule has 1 heterocycles. The van der Waals surface area contributed by atoms with Crippen LogP contribution in [0.1, 0.15) is 16.7 Å². The summed E-state index contributed by atoms with van der Waals surface area (Å²) in [6, 6.07) is 10.9. The third-order valence-corrected chi connectivity index (χ3v) is 4.22. The van der Waals surface area contributed by atoms with Crippen LogP contribution in [0.15, 0.2) is 36.4 Å². The maximum Gasteiger partial charge on any atom is 0.129 e. The van der Waals surface area contributed by atoms with E-state index in [2.05, 4.69) is 0 Å². The number of hydrogen-bond donors (Lipinski definition) is 1. The average molecular weight is 344 g/mol. The van der Waals surface area contributed by atoms with E-state index in [0.717, 1.165) is 6.07 Å². The van der Waals surface area contributed by atoms with Gasteiger partial charge in [-0.1, -0.05) is 0 Å². The highest BCUT2D eigenvalue weighted by molar-refractivity contribution is 5.34. The standard InChI is InChI=1S/C19H18F2N2O2/c20-15-7-14-10-23(6-5-18(14)19(21)8-15)11-16(24)12-25-17-3-1-13(9-22)2-4-17/h1-4,7-8,16,24H,5-6,10-12H2. The first kappa shape index (κ1) is 17.3. The molecule has 0 amide bonds. The van der Waals surface area contributed by atoms with E-state index >= 15 is 0 Å². The van der Waals surface area contributed by atoms with Gasteiger partial charge >= 0.3 is 0 Å². The zero-order valence-corrected chi connectivity index (χ0v) is 13.6. The van der Waals surface area contributed by atoms with Gasteiger partial charge in [0.25, 0.3) is 0 Å². The molecular weight excluding hydrogens is 326 g/mol. The number of aliphatic hydroxyl groups is 1. The highest BCUT2D eigenvalue weighted by atomic mass is 19.1. The Hall–Kier alpha value is -2.49. The Balaban J connectivity index is 1.53. The number of rotatable bonds is 5. The number of nitriles is 1. The second kappa shape index (κ2) is 7.60. The topological polar surface area (TPSA) is 56.5 Å². The Morgan fingerprint density at radius 2 is 2.00 bits per heavy atom. The van der Waals surface area contributed by atoms with Crippen LogP contribution in [0.3, 0.4) is 0 Å². The predicted molar refractivity (Wildman–Crippen MR) is 88.0 cm³/mol. The minimum Gasteiger partial charge on any atom is -0.491 e. The largest absolute Gasteiger partial charge is 0.491 e. The molecule has 1 unspecified atom stereocenters. The fraction of sp³-hybridized carbons (Fsp3) is 0.316. The molecule has 2 aromatic carbocycles. The maximum absolute atomic E-state index is 13.7. The van der Waals surface area contributed by atoms with Crippen LogP contribution in [0.5, 0.6) is 5.75 Å². The molecule has 1 N–H and O–H groups in total. The van der Waals surface area contributed by atoms with E-state index in [0.29, 0.717) is 48.5 Å². The van der Waals surface area contributed by atoms with Crippen LogP contribution in [0, 0.1) is 23.0 Å². The number of β-amino-alcohol motifs (C(OH)–C–C–N with tert-alkyl or cyclic N) is 1. The summed E-state index contributed by atoms with van der Waals surface area (Å²) in [5.41, 5.74) is 1.73. The van der Waals surface area contributed by atoms with E-state index in [4.69, 9.17) is 10.00 Å². The van der Waals surface area contributed by atoms with Gasteiger partial charge in [-0.2, -0.15) is 5.26 Å². The normalized spacial score (nSPS) is 15.3. The van der Waals surface area contributed by atoms with Crippen LogP contribution in [0.2, 0.25) is 0 Å². The molecular formula is C19H18F2N2O2. The van der Waals surface area contributed by atoms with Crippen LogP contribution in [-0.4, -0.2) is 35.8 Å². The zero-order valence-electron chi connectivity index (χ0n) is 13.6. The van der Waals surface area contributed by atoms with Crippen molar-refractivity contribution in [1.29, 1.82) is 5.26 Å². The molecule has 4 nitrogen and oxygen atoms in total. The van der Waals surface area contributed by atoms with Gasteiger partial charge in [0.05, 0.1) is 11.6 Å². The van der Waals surface area contributed by atoms with Crippen molar-refractivity contribution in [3.8, 4) is 11.8 Å². The first-order valence-electron chi connectivity index (χ1n) is 8.05. The second-order valence-corrected chi connectivity index (χ2v) is 6.11. The SMILES string of the molecule is N#Cc1ccc(OCC(O)CN2CCc3c(F)cc(F)cc3C2)cc1. The molecule has 0 bridgehead atoms. The minimum atomic E-state index is -0.726. The molecule has 1 atom stereocenters. The molecule has 6 heteroatoms. The third-order valence-electron chi connectivity index (χ3n) is 4.22. The van der Waals surface area contributed by atoms with Crippen LogP contribution < -0.4 is 4.74 Å². The van der Waals surface area contributed by atoms with Crippen LogP contribution in [0.25, 0.3) is 0 Å². The zero-order chi connectivity index (χ0) is 17.8. The summed E-state index contributed by atoms with van der Waals surface area (Å²) in [6.07, 6.45) is -0.236. The Labute approximate surface area is 144 Å². The highest BCUT2D eigenvalue weighted by Crippen LogP contribution is 2.23. The number of fused-ring (bicyclic) bond motifs is 1. The van der Waals surface area contributed by atoms with Crippen LogP contribution >= 0.6 is 0 Å². The molecule has 2 aromatic rings. The Morgan fingerprint density at radius 1 is 1.24 bits per heavy atom. The van der Waals surface area contributed by atoms with Crippen LogP contribution in [0.4, 0.5) is 8.78 Å². The van der Waals surface area contributed by atoms with Gasteiger partial charge in [-0.15, -0.1) is 0 Å². The number of halogens is 2. The van der Waals surface area contributed by atoms with E-state index in [-0.39, 0.29) is 6.61 Å². The Kier molecular flexibility index (Phi) is 5.27. The summed E-state index contributed by atoms with van der Waals surface area (Å²) in [5.74, 6) is -0.506. The number of hydrogen-bond acceptors (Lipinski definition) is 4. The van der Waals surface area contributed by atoms with Gasteiger partial charge in [0.1, 0.15) is 30.1 Å². The molecule has 0 radical (unpaired) electrons. The molecule has 0 spiro atoms. The monoisotopic (exact) mass is 344 g/mol. The van der Waals surface area contributed by atoms with Gasteiger partial charge in [0, 0.05) is 25.7 Å². The second-order valence-electron chi connectivity index (χ2n) is 6.11. The quantitative estimate of drug-likeness (QED) is 0.906. The summed E-state index contributed by atoms with van der Waals surface area (Å²) in [5, 5.41) is 18.9. The fourth-order valence-corrected chi connectivity index (χ4v) is 2.99. The van der Waals surface area contributed by atoms with Gasteiger partial charge in [0.2, 0.25) is 0 Å². The third kappa shape index (κ3) is 4.32. The van der Waals surface area contributed by atoms with E-state index in [1.165, 1.54) is 6.07 Å². The number of benzene rings is 2. The molecule has 0 saturated heterocycles. The predicted octanol–water partition coefficient (Wildman–Crippen LogP) is 2.63. The van der Waals surface area contributed by atoms with Crippen molar-refractivity contribution in [2.24, 2.45) is 0 Å². The molecule has 0 aliphatic carbocycles. The van der Waals surface area contributed by atoms with Gasteiger partial charge in [0.15, 0.2) is 0 Å². The van der Waals surface area contributed by atoms with Gasteiger partial charge in [-0.25, -0.2) is 8.78 Å². The Morgan fingerprint density at radius 3 is 2.72 bits per heavy atom. The highest BCUT2D eigenvalue weighted by Gasteiger charge is 2.22. The van der Waals surface area contributed by atoms with Crippen molar-refractivity contribution < 1.29 is 18.6 Å². The summed E-state index contributed by atoms with van der Waals surface area (Å²) in [7, 11) is 0. The molecule has 130 valence electrons. The molecule has 0 aromatic heterocycles. The fourth-order valence-electron chi connectivity index (χ4n) is 2.99. The van der Waals surface area contributed by atoms with E-state index in [1.54, 1.807) is 24.3 Å². The van der Waals surface area contributed by atoms with Crippen molar-refractivity contribution >= 4 is 0 Å². The first-order chi connectivity index (χ1) is 12.0. The molecule has 0 fully saturated rings. The lowest BCUT2D eigenvalue weighted by molar-refractivity contribution is 0.0635. The number of ether oxygens (including phenoxy) is 1. The average Bonchev–Trinajstić information content (AvgIpc) is 2.60. The summed E-state index contributed by atoms with van der Waals surface area (Å²) in [6.45, 7) is 1.46.